The SMILES string of the molecule is CCN(CCC(C)(N)C(N)=O)c1ccc(F)cc1. The first-order valence-electron chi connectivity index (χ1n) is 5.96. The van der Waals surface area contributed by atoms with Crippen LogP contribution in [0.2, 0.25) is 0 Å². The van der Waals surface area contributed by atoms with Crippen LogP contribution in [-0.4, -0.2) is 24.5 Å². The van der Waals surface area contributed by atoms with Crippen molar-refractivity contribution in [1.82, 2.24) is 0 Å². The summed E-state index contributed by atoms with van der Waals surface area (Å²) in [6.07, 6.45) is 0.452. The molecule has 1 aromatic carbocycles. The molecule has 1 amide bonds. The maximum Gasteiger partial charge on any atom is 0.237 e. The third-order valence-electron chi connectivity index (χ3n) is 3.04. The Morgan fingerprint density at radius 2 is 1.94 bits per heavy atom. The van der Waals surface area contributed by atoms with Crippen molar-refractivity contribution >= 4 is 11.6 Å². The van der Waals surface area contributed by atoms with Gasteiger partial charge in [-0.2, -0.15) is 0 Å². The quantitative estimate of drug-likeness (QED) is 0.801. The van der Waals surface area contributed by atoms with E-state index < -0.39 is 11.4 Å². The van der Waals surface area contributed by atoms with E-state index >= 15 is 0 Å². The summed E-state index contributed by atoms with van der Waals surface area (Å²) >= 11 is 0. The predicted octanol–water partition coefficient (Wildman–Crippen LogP) is 1.24. The number of rotatable bonds is 6. The summed E-state index contributed by atoms with van der Waals surface area (Å²) in [5, 5.41) is 0. The molecule has 0 heterocycles. The highest BCUT2D eigenvalue weighted by atomic mass is 19.1. The van der Waals surface area contributed by atoms with Gasteiger partial charge in [-0.3, -0.25) is 4.79 Å². The minimum Gasteiger partial charge on any atom is -0.372 e. The van der Waals surface area contributed by atoms with Gasteiger partial charge in [-0.15, -0.1) is 0 Å². The first-order chi connectivity index (χ1) is 8.36. The number of nitrogens with zero attached hydrogens (tertiary/aromatic N) is 1. The van der Waals surface area contributed by atoms with Gasteiger partial charge in [0, 0.05) is 18.8 Å². The summed E-state index contributed by atoms with van der Waals surface area (Å²) < 4.78 is 12.8. The molecule has 5 heteroatoms. The highest BCUT2D eigenvalue weighted by molar-refractivity contribution is 5.83. The minimum atomic E-state index is -1.02. The summed E-state index contributed by atoms with van der Waals surface area (Å²) in [6, 6.07) is 6.23. The number of carbonyl (C=O) groups is 1. The number of amides is 1. The zero-order valence-electron chi connectivity index (χ0n) is 10.8. The number of carbonyl (C=O) groups excluding carboxylic acids is 1. The first-order valence-corrected chi connectivity index (χ1v) is 5.96. The van der Waals surface area contributed by atoms with Crippen LogP contribution in [-0.2, 0) is 4.79 Å². The van der Waals surface area contributed by atoms with E-state index in [1.807, 2.05) is 11.8 Å². The van der Waals surface area contributed by atoms with Crippen LogP contribution in [0.1, 0.15) is 20.3 Å². The minimum absolute atomic E-state index is 0.268. The molecule has 1 unspecified atom stereocenters. The van der Waals surface area contributed by atoms with Crippen LogP contribution in [0.4, 0.5) is 10.1 Å². The van der Waals surface area contributed by atoms with Crippen LogP contribution < -0.4 is 16.4 Å². The molecule has 4 nitrogen and oxygen atoms in total. The largest absolute Gasteiger partial charge is 0.372 e. The maximum absolute atomic E-state index is 12.8. The van der Waals surface area contributed by atoms with Gasteiger partial charge in [0.2, 0.25) is 5.91 Å². The average molecular weight is 253 g/mol. The van der Waals surface area contributed by atoms with E-state index in [0.29, 0.717) is 13.0 Å². The normalized spacial score (nSPS) is 14.0. The fourth-order valence-corrected chi connectivity index (χ4v) is 1.61. The Bertz CT molecular complexity index is 403. The van der Waals surface area contributed by atoms with Crippen molar-refractivity contribution in [2.45, 2.75) is 25.8 Å². The van der Waals surface area contributed by atoms with E-state index in [9.17, 15) is 9.18 Å². The molecule has 100 valence electrons. The Kier molecular flexibility index (Phi) is 4.67. The second kappa shape index (κ2) is 5.82. The number of hydrogen-bond donors (Lipinski definition) is 2. The Labute approximate surface area is 107 Å². The standard InChI is InChI=1S/C13H20FN3O/c1-3-17(9-8-13(2,16)12(15)18)11-6-4-10(14)5-7-11/h4-7H,3,8-9,16H2,1-2H3,(H2,15,18). The van der Waals surface area contributed by atoms with Crippen LogP contribution in [0.5, 0.6) is 0 Å². The fraction of sp³-hybridized carbons (Fsp3) is 0.462. The van der Waals surface area contributed by atoms with E-state index in [4.69, 9.17) is 11.5 Å². The van der Waals surface area contributed by atoms with Gasteiger partial charge in [-0.1, -0.05) is 0 Å². The number of benzene rings is 1. The van der Waals surface area contributed by atoms with E-state index in [0.717, 1.165) is 12.2 Å². The van der Waals surface area contributed by atoms with E-state index in [-0.39, 0.29) is 5.82 Å². The van der Waals surface area contributed by atoms with Crippen LogP contribution in [0, 0.1) is 5.82 Å². The Hall–Kier alpha value is -1.62. The molecule has 0 spiro atoms. The van der Waals surface area contributed by atoms with E-state index in [1.165, 1.54) is 12.1 Å². The van der Waals surface area contributed by atoms with Crippen molar-refractivity contribution in [1.29, 1.82) is 0 Å². The molecule has 0 radical (unpaired) electrons. The topological polar surface area (TPSA) is 72.3 Å². The molecule has 0 fully saturated rings. The molecule has 0 aliphatic rings. The van der Waals surface area contributed by atoms with Crippen LogP contribution in [0.3, 0.4) is 0 Å². The lowest BCUT2D eigenvalue weighted by molar-refractivity contribution is -0.122. The Balaban J connectivity index is 2.68. The lowest BCUT2D eigenvalue weighted by Crippen LogP contribution is -2.51. The van der Waals surface area contributed by atoms with Gasteiger partial charge < -0.3 is 16.4 Å². The van der Waals surface area contributed by atoms with Gasteiger partial charge in [0.05, 0.1) is 5.54 Å². The van der Waals surface area contributed by atoms with Crippen molar-refractivity contribution in [3.8, 4) is 0 Å². The van der Waals surface area contributed by atoms with Crippen LogP contribution in [0.15, 0.2) is 24.3 Å². The lowest BCUT2D eigenvalue weighted by atomic mass is 9.98. The van der Waals surface area contributed by atoms with Crippen molar-refractivity contribution in [2.75, 3.05) is 18.0 Å². The zero-order chi connectivity index (χ0) is 13.8. The summed E-state index contributed by atoms with van der Waals surface area (Å²) in [5.74, 6) is -0.784. The summed E-state index contributed by atoms with van der Waals surface area (Å²) in [5.41, 5.74) is 10.9. The zero-order valence-corrected chi connectivity index (χ0v) is 10.8. The smallest absolute Gasteiger partial charge is 0.237 e. The van der Waals surface area contributed by atoms with Crippen LogP contribution >= 0.6 is 0 Å². The molecule has 1 rings (SSSR count). The number of primary amides is 1. The molecule has 0 saturated carbocycles. The van der Waals surface area contributed by atoms with Gasteiger partial charge in [-0.05, 0) is 44.5 Å². The van der Waals surface area contributed by atoms with Gasteiger partial charge in [0.25, 0.3) is 0 Å². The second-order valence-electron chi connectivity index (χ2n) is 4.59. The van der Waals surface area contributed by atoms with Crippen molar-refractivity contribution < 1.29 is 9.18 Å². The Morgan fingerprint density at radius 1 is 1.39 bits per heavy atom. The maximum atomic E-state index is 12.8. The number of nitrogens with two attached hydrogens (primary N) is 2. The number of anilines is 1. The molecule has 0 aliphatic heterocycles. The summed E-state index contributed by atoms with van der Waals surface area (Å²) in [6.45, 7) is 4.95. The molecule has 0 aromatic heterocycles. The number of hydrogen-bond acceptors (Lipinski definition) is 3. The monoisotopic (exact) mass is 253 g/mol. The Morgan fingerprint density at radius 3 is 2.39 bits per heavy atom. The van der Waals surface area contributed by atoms with Gasteiger partial charge in [0.15, 0.2) is 0 Å². The molecule has 4 N–H and O–H groups in total. The summed E-state index contributed by atoms with van der Waals surface area (Å²) in [4.78, 5) is 13.2. The fourth-order valence-electron chi connectivity index (χ4n) is 1.61. The number of halogens is 1. The van der Waals surface area contributed by atoms with Crippen molar-refractivity contribution in [3.05, 3.63) is 30.1 Å². The van der Waals surface area contributed by atoms with Crippen LogP contribution in [0.25, 0.3) is 0 Å². The molecule has 0 bridgehead atoms. The molecular formula is C13H20FN3O. The van der Waals surface area contributed by atoms with Gasteiger partial charge in [0.1, 0.15) is 5.82 Å². The highest BCUT2D eigenvalue weighted by Gasteiger charge is 2.25. The molecular weight excluding hydrogens is 233 g/mol. The van der Waals surface area contributed by atoms with Crippen molar-refractivity contribution in [3.63, 3.8) is 0 Å². The molecule has 1 atom stereocenters. The van der Waals surface area contributed by atoms with Crippen molar-refractivity contribution in [2.24, 2.45) is 11.5 Å². The third kappa shape index (κ3) is 3.70. The average Bonchev–Trinajstić information content (AvgIpc) is 2.31. The first kappa shape index (κ1) is 14.4. The molecule has 0 aliphatic carbocycles. The predicted molar refractivity (Wildman–Crippen MR) is 70.7 cm³/mol. The molecule has 18 heavy (non-hydrogen) atoms. The third-order valence-corrected chi connectivity index (χ3v) is 3.04. The van der Waals surface area contributed by atoms with Gasteiger partial charge >= 0.3 is 0 Å². The second-order valence-corrected chi connectivity index (χ2v) is 4.59. The summed E-state index contributed by atoms with van der Waals surface area (Å²) in [7, 11) is 0. The highest BCUT2D eigenvalue weighted by Crippen LogP contribution is 2.16. The molecule has 0 saturated heterocycles. The van der Waals surface area contributed by atoms with E-state index in [1.54, 1.807) is 19.1 Å². The lowest BCUT2D eigenvalue weighted by Gasteiger charge is -2.28. The molecule has 1 aromatic rings. The van der Waals surface area contributed by atoms with E-state index in [2.05, 4.69) is 0 Å². The van der Waals surface area contributed by atoms with Gasteiger partial charge in [-0.25, -0.2) is 4.39 Å².